The molecule has 0 aromatic carbocycles. The number of carbonyl (C=O) groups is 1. The van der Waals surface area contributed by atoms with Crippen LogP contribution in [0.4, 0.5) is 5.82 Å². The standard InChI is InChI=1S/C19H26N6O/c1-14-12-17(16-6-2-3-7-20-16)23-18-15(13-22-25(14)18)19(26)21-8-11-24-9-4-5-10-24/h2-3,6-7,13-14,17,23H,4-5,8-12H2,1H3,(H,21,26). The van der Waals surface area contributed by atoms with Gasteiger partial charge in [-0.15, -0.1) is 0 Å². The number of hydrogen-bond donors (Lipinski definition) is 2. The summed E-state index contributed by atoms with van der Waals surface area (Å²) in [6.07, 6.45) is 6.90. The van der Waals surface area contributed by atoms with E-state index < -0.39 is 0 Å². The molecule has 1 fully saturated rings. The van der Waals surface area contributed by atoms with Gasteiger partial charge in [0.15, 0.2) is 0 Å². The molecule has 4 heterocycles. The second-order valence-electron chi connectivity index (χ2n) is 7.19. The van der Waals surface area contributed by atoms with Crippen LogP contribution in [-0.4, -0.2) is 51.8 Å². The second kappa shape index (κ2) is 7.45. The van der Waals surface area contributed by atoms with Crippen molar-refractivity contribution in [2.75, 3.05) is 31.5 Å². The number of fused-ring (bicyclic) bond motifs is 1. The number of rotatable bonds is 5. The molecule has 2 aromatic rings. The van der Waals surface area contributed by atoms with Crippen molar-refractivity contribution in [1.82, 2.24) is 25.0 Å². The largest absolute Gasteiger partial charge is 0.361 e. The fourth-order valence-electron chi connectivity index (χ4n) is 3.88. The topological polar surface area (TPSA) is 75.1 Å². The lowest BCUT2D eigenvalue weighted by Crippen LogP contribution is -2.34. The van der Waals surface area contributed by atoms with E-state index in [0.29, 0.717) is 12.1 Å². The molecule has 2 aromatic heterocycles. The zero-order valence-corrected chi connectivity index (χ0v) is 15.2. The Hall–Kier alpha value is -2.41. The zero-order chi connectivity index (χ0) is 17.9. The number of aromatic nitrogens is 3. The molecule has 0 aliphatic carbocycles. The van der Waals surface area contributed by atoms with Gasteiger partial charge in [-0.1, -0.05) is 6.07 Å². The molecule has 2 aliphatic rings. The van der Waals surface area contributed by atoms with E-state index in [1.807, 2.05) is 22.9 Å². The van der Waals surface area contributed by atoms with Gasteiger partial charge >= 0.3 is 0 Å². The molecule has 1 saturated heterocycles. The molecule has 0 spiro atoms. The molecule has 0 radical (unpaired) electrons. The maximum absolute atomic E-state index is 12.7. The Morgan fingerprint density at radius 1 is 1.35 bits per heavy atom. The van der Waals surface area contributed by atoms with E-state index in [4.69, 9.17) is 0 Å². The summed E-state index contributed by atoms with van der Waals surface area (Å²) >= 11 is 0. The lowest BCUT2D eigenvalue weighted by molar-refractivity contribution is 0.0950. The van der Waals surface area contributed by atoms with Crippen LogP contribution in [0.25, 0.3) is 0 Å². The minimum absolute atomic E-state index is 0.0631. The summed E-state index contributed by atoms with van der Waals surface area (Å²) in [5.41, 5.74) is 1.60. The van der Waals surface area contributed by atoms with Crippen LogP contribution in [0.1, 0.15) is 54.3 Å². The molecular weight excluding hydrogens is 328 g/mol. The number of nitrogens with zero attached hydrogens (tertiary/aromatic N) is 4. The third-order valence-electron chi connectivity index (χ3n) is 5.30. The molecule has 0 bridgehead atoms. The third kappa shape index (κ3) is 3.44. The average molecular weight is 354 g/mol. The lowest BCUT2D eigenvalue weighted by atomic mass is 10.0. The van der Waals surface area contributed by atoms with Crippen molar-refractivity contribution in [2.24, 2.45) is 0 Å². The number of anilines is 1. The smallest absolute Gasteiger partial charge is 0.256 e. The molecule has 2 N–H and O–H groups in total. The van der Waals surface area contributed by atoms with Gasteiger partial charge in [0.2, 0.25) is 0 Å². The van der Waals surface area contributed by atoms with Crippen molar-refractivity contribution in [1.29, 1.82) is 0 Å². The monoisotopic (exact) mass is 354 g/mol. The van der Waals surface area contributed by atoms with Gasteiger partial charge in [0, 0.05) is 19.3 Å². The number of amides is 1. The summed E-state index contributed by atoms with van der Waals surface area (Å²) in [5.74, 6) is 0.727. The van der Waals surface area contributed by atoms with Crippen LogP contribution in [0.15, 0.2) is 30.6 Å². The molecule has 7 nitrogen and oxygen atoms in total. The highest BCUT2D eigenvalue weighted by atomic mass is 16.1. The number of hydrogen-bond acceptors (Lipinski definition) is 5. The number of likely N-dealkylation sites (tertiary alicyclic amines) is 1. The van der Waals surface area contributed by atoms with E-state index in [9.17, 15) is 4.79 Å². The van der Waals surface area contributed by atoms with E-state index in [-0.39, 0.29) is 18.0 Å². The summed E-state index contributed by atoms with van der Waals surface area (Å²) in [5, 5.41) is 10.9. The zero-order valence-electron chi connectivity index (χ0n) is 15.2. The highest BCUT2D eigenvalue weighted by molar-refractivity contribution is 5.98. The van der Waals surface area contributed by atoms with Crippen LogP contribution >= 0.6 is 0 Å². The predicted molar refractivity (Wildman–Crippen MR) is 100 cm³/mol. The molecule has 1 amide bonds. The Kier molecular flexibility index (Phi) is 4.88. The van der Waals surface area contributed by atoms with Crippen molar-refractivity contribution in [3.63, 3.8) is 0 Å². The normalized spacial score (nSPS) is 22.7. The van der Waals surface area contributed by atoms with Crippen molar-refractivity contribution in [2.45, 2.75) is 38.3 Å². The summed E-state index contributed by atoms with van der Waals surface area (Å²) in [6.45, 7) is 5.99. The Labute approximate surface area is 153 Å². The first-order valence-corrected chi connectivity index (χ1v) is 9.48. The van der Waals surface area contributed by atoms with E-state index >= 15 is 0 Å². The molecule has 138 valence electrons. The maximum atomic E-state index is 12.7. The number of nitrogens with one attached hydrogen (secondary N) is 2. The van der Waals surface area contributed by atoms with Crippen LogP contribution in [-0.2, 0) is 0 Å². The Morgan fingerprint density at radius 3 is 2.96 bits per heavy atom. The van der Waals surface area contributed by atoms with E-state index in [1.165, 1.54) is 12.8 Å². The summed E-state index contributed by atoms with van der Waals surface area (Å²) in [4.78, 5) is 19.5. The minimum Gasteiger partial charge on any atom is -0.361 e. The highest BCUT2D eigenvalue weighted by Gasteiger charge is 2.30. The van der Waals surface area contributed by atoms with Crippen molar-refractivity contribution in [3.8, 4) is 0 Å². The molecule has 26 heavy (non-hydrogen) atoms. The minimum atomic E-state index is -0.0631. The van der Waals surface area contributed by atoms with E-state index in [2.05, 4.69) is 32.5 Å². The Bertz CT molecular complexity index is 753. The van der Waals surface area contributed by atoms with Gasteiger partial charge in [0.1, 0.15) is 11.4 Å². The van der Waals surface area contributed by atoms with Gasteiger partial charge in [0.05, 0.1) is 24.0 Å². The summed E-state index contributed by atoms with van der Waals surface area (Å²) in [7, 11) is 0. The van der Waals surface area contributed by atoms with Gasteiger partial charge < -0.3 is 15.5 Å². The van der Waals surface area contributed by atoms with Crippen LogP contribution in [0.2, 0.25) is 0 Å². The SMILES string of the molecule is CC1CC(c2ccccn2)Nc2c(C(=O)NCCN3CCCC3)cnn21. The van der Waals surface area contributed by atoms with Crippen LogP contribution in [0, 0.1) is 0 Å². The van der Waals surface area contributed by atoms with Crippen molar-refractivity contribution < 1.29 is 4.79 Å². The maximum Gasteiger partial charge on any atom is 0.256 e. The van der Waals surface area contributed by atoms with E-state index in [1.54, 1.807) is 12.4 Å². The fraction of sp³-hybridized carbons (Fsp3) is 0.526. The van der Waals surface area contributed by atoms with Gasteiger partial charge in [-0.05, 0) is 51.4 Å². The predicted octanol–water partition coefficient (Wildman–Crippen LogP) is 2.22. The average Bonchev–Trinajstić information content (AvgIpc) is 3.32. The molecule has 2 unspecified atom stereocenters. The molecular formula is C19H26N6O. The molecule has 4 rings (SSSR count). The van der Waals surface area contributed by atoms with Crippen LogP contribution in [0.3, 0.4) is 0 Å². The van der Waals surface area contributed by atoms with Gasteiger partial charge in [0.25, 0.3) is 5.91 Å². The first-order valence-electron chi connectivity index (χ1n) is 9.48. The summed E-state index contributed by atoms with van der Waals surface area (Å²) < 4.78 is 1.91. The molecule has 2 aliphatic heterocycles. The van der Waals surface area contributed by atoms with Gasteiger partial charge in [-0.25, -0.2) is 4.68 Å². The number of carbonyl (C=O) groups excluding carboxylic acids is 1. The molecule has 7 heteroatoms. The van der Waals surface area contributed by atoms with Gasteiger partial charge in [-0.3, -0.25) is 9.78 Å². The van der Waals surface area contributed by atoms with E-state index in [0.717, 1.165) is 37.6 Å². The van der Waals surface area contributed by atoms with Crippen LogP contribution in [0.5, 0.6) is 0 Å². The molecule has 0 saturated carbocycles. The first kappa shape index (κ1) is 17.0. The highest BCUT2D eigenvalue weighted by Crippen LogP contribution is 2.35. The second-order valence-corrected chi connectivity index (χ2v) is 7.19. The van der Waals surface area contributed by atoms with Crippen molar-refractivity contribution >= 4 is 11.7 Å². The summed E-state index contributed by atoms with van der Waals surface area (Å²) in [6, 6.07) is 6.23. The number of pyridine rings is 1. The third-order valence-corrected chi connectivity index (χ3v) is 5.30. The lowest BCUT2D eigenvalue weighted by Gasteiger charge is -2.30. The van der Waals surface area contributed by atoms with Crippen molar-refractivity contribution in [3.05, 3.63) is 41.9 Å². The van der Waals surface area contributed by atoms with Gasteiger partial charge in [-0.2, -0.15) is 5.10 Å². The Morgan fingerprint density at radius 2 is 2.19 bits per heavy atom. The quantitative estimate of drug-likeness (QED) is 0.861. The first-order chi connectivity index (χ1) is 12.7. The molecule has 2 atom stereocenters. The Balaban J connectivity index is 1.45. The fourth-order valence-corrected chi connectivity index (χ4v) is 3.88. The van der Waals surface area contributed by atoms with Crippen LogP contribution < -0.4 is 10.6 Å².